The molecule has 0 aliphatic heterocycles. The van der Waals surface area contributed by atoms with Gasteiger partial charge in [-0.1, -0.05) is 30.0 Å². The van der Waals surface area contributed by atoms with Gasteiger partial charge in [0.2, 0.25) is 5.91 Å². The van der Waals surface area contributed by atoms with Gasteiger partial charge in [0.1, 0.15) is 5.75 Å². The summed E-state index contributed by atoms with van der Waals surface area (Å²) in [6.45, 7) is 2.17. The molecule has 0 radical (unpaired) electrons. The van der Waals surface area contributed by atoms with Gasteiger partial charge in [0.15, 0.2) is 5.16 Å². The molecule has 2 aromatic carbocycles. The number of nitrogens with one attached hydrogen (secondary N) is 2. The predicted molar refractivity (Wildman–Crippen MR) is 112 cm³/mol. The SMILES string of the molecule is CCNC(=O)NC(=O)CSc1nc2ccccc2c(=O)n1-c1cccc(OC)c1. The highest BCUT2D eigenvalue weighted by Crippen LogP contribution is 2.23. The fourth-order valence-corrected chi connectivity index (χ4v) is 3.50. The number of imide groups is 1. The van der Waals surface area contributed by atoms with Crippen molar-refractivity contribution >= 4 is 34.6 Å². The van der Waals surface area contributed by atoms with Gasteiger partial charge in [-0.15, -0.1) is 0 Å². The van der Waals surface area contributed by atoms with E-state index < -0.39 is 11.9 Å². The van der Waals surface area contributed by atoms with E-state index in [0.717, 1.165) is 11.8 Å². The summed E-state index contributed by atoms with van der Waals surface area (Å²) < 4.78 is 6.70. The lowest BCUT2D eigenvalue weighted by Gasteiger charge is -2.14. The van der Waals surface area contributed by atoms with Gasteiger partial charge in [-0.05, 0) is 31.2 Å². The molecule has 29 heavy (non-hydrogen) atoms. The predicted octanol–water partition coefficient (Wildman–Crippen LogP) is 2.33. The molecule has 3 amide bonds. The summed E-state index contributed by atoms with van der Waals surface area (Å²) in [4.78, 5) is 41.3. The molecular formula is C20H20N4O4S. The molecule has 0 saturated carbocycles. The molecule has 0 bridgehead atoms. The van der Waals surface area contributed by atoms with Crippen LogP contribution < -0.4 is 20.9 Å². The van der Waals surface area contributed by atoms with Crippen molar-refractivity contribution in [2.24, 2.45) is 0 Å². The summed E-state index contributed by atoms with van der Waals surface area (Å²) in [5, 5.41) is 5.53. The number of ether oxygens (including phenoxy) is 1. The first-order valence-corrected chi connectivity index (χ1v) is 9.88. The molecule has 3 rings (SSSR count). The number of rotatable bonds is 6. The molecule has 9 heteroatoms. The monoisotopic (exact) mass is 412 g/mol. The Bertz CT molecular complexity index is 1110. The molecule has 8 nitrogen and oxygen atoms in total. The zero-order chi connectivity index (χ0) is 20.8. The number of benzene rings is 2. The van der Waals surface area contributed by atoms with Gasteiger partial charge >= 0.3 is 6.03 Å². The third-order valence-corrected chi connectivity index (χ3v) is 4.92. The summed E-state index contributed by atoms with van der Waals surface area (Å²) in [6.07, 6.45) is 0. The molecule has 0 aliphatic rings. The van der Waals surface area contributed by atoms with E-state index >= 15 is 0 Å². The maximum absolute atomic E-state index is 13.2. The maximum Gasteiger partial charge on any atom is 0.321 e. The Morgan fingerprint density at radius 2 is 1.97 bits per heavy atom. The molecule has 0 aliphatic carbocycles. The van der Waals surface area contributed by atoms with E-state index in [2.05, 4.69) is 15.6 Å². The fraction of sp³-hybridized carbons (Fsp3) is 0.200. The van der Waals surface area contributed by atoms with Gasteiger partial charge in [0.25, 0.3) is 5.56 Å². The Labute approximate surface area is 171 Å². The fourth-order valence-electron chi connectivity index (χ4n) is 2.68. The third-order valence-electron chi connectivity index (χ3n) is 3.98. The second kappa shape index (κ2) is 9.24. The van der Waals surface area contributed by atoms with Crippen LogP contribution in [0.1, 0.15) is 6.92 Å². The average Bonchev–Trinajstić information content (AvgIpc) is 2.72. The minimum Gasteiger partial charge on any atom is -0.497 e. The Morgan fingerprint density at radius 1 is 1.17 bits per heavy atom. The van der Waals surface area contributed by atoms with E-state index in [4.69, 9.17) is 4.74 Å². The van der Waals surface area contributed by atoms with E-state index in [1.54, 1.807) is 62.6 Å². The largest absolute Gasteiger partial charge is 0.497 e. The molecular weight excluding hydrogens is 392 g/mol. The summed E-state index contributed by atoms with van der Waals surface area (Å²) in [5.74, 6) is 0.0272. The Balaban J connectivity index is 2.00. The lowest BCUT2D eigenvalue weighted by Crippen LogP contribution is -2.40. The molecule has 150 valence electrons. The molecule has 0 fully saturated rings. The summed E-state index contributed by atoms with van der Waals surface area (Å²) in [6, 6.07) is 13.5. The van der Waals surface area contributed by atoms with E-state index in [0.29, 0.717) is 34.0 Å². The van der Waals surface area contributed by atoms with Crippen molar-refractivity contribution in [3.63, 3.8) is 0 Å². The van der Waals surface area contributed by atoms with Crippen LogP contribution in [0.5, 0.6) is 5.75 Å². The number of urea groups is 1. The minimum absolute atomic E-state index is 0.0775. The lowest BCUT2D eigenvalue weighted by molar-refractivity contribution is -0.117. The average molecular weight is 412 g/mol. The number of aromatic nitrogens is 2. The standard InChI is InChI=1S/C20H20N4O4S/c1-3-21-19(27)23-17(25)12-29-20-22-16-10-5-4-9-15(16)18(26)24(20)13-7-6-8-14(11-13)28-2/h4-11H,3,12H2,1-2H3,(H2,21,23,25,27). The molecule has 2 N–H and O–H groups in total. The number of thioether (sulfide) groups is 1. The van der Waals surface area contributed by atoms with Crippen molar-refractivity contribution in [2.75, 3.05) is 19.4 Å². The first-order valence-electron chi connectivity index (χ1n) is 8.90. The molecule has 0 saturated heterocycles. The maximum atomic E-state index is 13.2. The van der Waals surface area contributed by atoms with Crippen LogP contribution in [0.25, 0.3) is 16.6 Å². The van der Waals surface area contributed by atoms with Gasteiger partial charge < -0.3 is 10.1 Å². The number of fused-ring (bicyclic) bond motifs is 1. The quantitative estimate of drug-likeness (QED) is 0.476. The van der Waals surface area contributed by atoms with E-state index in [-0.39, 0.29) is 11.3 Å². The number of amides is 3. The van der Waals surface area contributed by atoms with Crippen LogP contribution >= 0.6 is 11.8 Å². The van der Waals surface area contributed by atoms with Crippen LogP contribution in [0.15, 0.2) is 58.5 Å². The summed E-state index contributed by atoms with van der Waals surface area (Å²) >= 11 is 1.07. The highest BCUT2D eigenvalue weighted by molar-refractivity contribution is 7.99. The normalized spacial score (nSPS) is 10.6. The summed E-state index contributed by atoms with van der Waals surface area (Å²) in [5.41, 5.74) is 0.845. The first-order chi connectivity index (χ1) is 14.0. The number of hydrogen-bond acceptors (Lipinski definition) is 6. The van der Waals surface area contributed by atoms with Crippen molar-refractivity contribution < 1.29 is 14.3 Å². The smallest absolute Gasteiger partial charge is 0.321 e. The minimum atomic E-state index is -0.560. The Kier molecular flexibility index (Phi) is 6.50. The van der Waals surface area contributed by atoms with Crippen LogP contribution in [-0.2, 0) is 4.79 Å². The number of carbonyl (C=O) groups is 2. The van der Waals surface area contributed by atoms with Crippen LogP contribution in [0.2, 0.25) is 0 Å². The Hall–Kier alpha value is -3.33. The second-order valence-corrected chi connectivity index (χ2v) is 6.89. The molecule has 0 atom stereocenters. The van der Waals surface area contributed by atoms with Crippen molar-refractivity contribution in [1.82, 2.24) is 20.2 Å². The van der Waals surface area contributed by atoms with Crippen LogP contribution in [-0.4, -0.2) is 40.9 Å². The van der Waals surface area contributed by atoms with Crippen molar-refractivity contribution in [1.29, 1.82) is 0 Å². The van der Waals surface area contributed by atoms with E-state index in [1.165, 1.54) is 4.57 Å². The van der Waals surface area contributed by atoms with Crippen molar-refractivity contribution in [3.05, 3.63) is 58.9 Å². The van der Waals surface area contributed by atoms with Gasteiger partial charge in [0, 0.05) is 12.6 Å². The zero-order valence-electron chi connectivity index (χ0n) is 16.0. The van der Waals surface area contributed by atoms with Crippen molar-refractivity contribution in [3.8, 4) is 11.4 Å². The number of para-hydroxylation sites is 1. The first kappa shape index (κ1) is 20.4. The van der Waals surface area contributed by atoms with Gasteiger partial charge in [-0.25, -0.2) is 9.78 Å². The van der Waals surface area contributed by atoms with E-state index in [1.807, 2.05) is 0 Å². The molecule has 0 unspecified atom stereocenters. The Morgan fingerprint density at radius 3 is 2.72 bits per heavy atom. The number of nitrogens with zero attached hydrogens (tertiary/aromatic N) is 2. The van der Waals surface area contributed by atoms with Gasteiger partial charge in [-0.3, -0.25) is 19.5 Å². The highest BCUT2D eigenvalue weighted by Gasteiger charge is 2.16. The van der Waals surface area contributed by atoms with Crippen LogP contribution in [0, 0.1) is 0 Å². The second-order valence-electron chi connectivity index (χ2n) is 5.95. The third kappa shape index (κ3) is 4.75. The number of methoxy groups -OCH3 is 1. The molecule has 0 spiro atoms. The lowest BCUT2D eigenvalue weighted by atomic mass is 10.2. The summed E-state index contributed by atoms with van der Waals surface area (Å²) in [7, 11) is 1.54. The number of carbonyl (C=O) groups excluding carboxylic acids is 2. The van der Waals surface area contributed by atoms with E-state index in [9.17, 15) is 14.4 Å². The van der Waals surface area contributed by atoms with Crippen LogP contribution in [0.4, 0.5) is 4.79 Å². The highest BCUT2D eigenvalue weighted by atomic mass is 32.2. The molecule has 3 aromatic rings. The molecule has 1 aromatic heterocycles. The van der Waals surface area contributed by atoms with Gasteiger partial charge in [-0.2, -0.15) is 0 Å². The zero-order valence-corrected chi connectivity index (χ0v) is 16.8. The van der Waals surface area contributed by atoms with Crippen molar-refractivity contribution in [2.45, 2.75) is 12.1 Å². The molecule has 1 heterocycles. The van der Waals surface area contributed by atoms with Gasteiger partial charge in [0.05, 0.1) is 29.5 Å². The number of hydrogen-bond donors (Lipinski definition) is 2. The topological polar surface area (TPSA) is 102 Å². The van der Waals surface area contributed by atoms with Crippen LogP contribution in [0.3, 0.4) is 0 Å².